The molecular weight excluding hydrogens is 524 g/mol. The quantitative estimate of drug-likeness (QED) is 0.515. The van der Waals surface area contributed by atoms with Crippen molar-refractivity contribution in [3.8, 4) is 0 Å². The van der Waals surface area contributed by atoms with E-state index >= 15 is 0 Å². The normalized spacial score (nSPS) is 51.1. The molecule has 1 spiro atoms. The average Bonchev–Trinajstić information content (AvgIpc) is 3.41. The molecular formula is C35H58N4O3. The van der Waals surface area contributed by atoms with Crippen LogP contribution in [0.3, 0.4) is 0 Å². The number of ketones is 1. The molecule has 3 saturated heterocycles. The van der Waals surface area contributed by atoms with Crippen LogP contribution in [-0.2, 0) is 14.3 Å². The Labute approximate surface area is 254 Å². The topological polar surface area (TPSA) is 73.9 Å². The van der Waals surface area contributed by atoms with Crippen molar-refractivity contribution in [1.29, 1.82) is 0 Å². The van der Waals surface area contributed by atoms with Crippen LogP contribution in [-0.4, -0.2) is 85.7 Å². The third-order valence-electron chi connectivity index (χ3n) is 14.6. The molecule has 7 heteroatoms. The standard InChI is InChI=1S/C35H58N4O3/c1-22-8-12-35(36-21-22)23(2)32-29(42-35)19-28-26-7-6-24-18-25(37-31(41)10-13-39-16-14-38(5)15-17-39)9-11-33(24,3)27(26)20-30(40)34(28,32)4/h22-29,32,36H,6-21H2,1-5H3,(H,37,41)/t22-,23+,24+,25-,26-,27+,28+,29+,32+,33+,34-,35-/m1/s1. The van der Waals surface area contributed by atoms with Gasteiger partial charge < -0.3 is 19.9 Å². The van der Waals surface area contributed by atoms with Gasteiger partial charge >= 0.3 is 0 Å². The summed E-state index contributed by atoms with van der Waals surface area (Å²) >= 11 is 0. The summed E-state index contributed by atoms with van der Waals surface area (Å²) in [6, 6.07) is 0.297. The van der Waals surface area contributed by atoms with Crippen LogP contribution >= 0.6 is 0 Å². The predicted molar refractivity (Wildman–Crippen MR) is 165 cm³/mol. The first-order valence-electron chi connectivity index (χ1n) is 17.7. The van der Waals surface area contributed by atoms with Gasteiger partial charge in [0.1, 0.15) is 11.5 Å². The van der Waals surface area contributed by atoms with Gasteiger partial charge in [0.25, 0.3) is 0 Å². The number of fused-ring (bicyclic) bond motifs is 7. The van der Waals surface area contributed by atoms with E-state index in [0.29, 0.717) is 59.7 Å². The van der Waals surface area contributed by atoms with Crippen molar-refractivity contribution < 1.29 is 14.3 Å². The van der Waals surface area contributed by atoms with E-state index in [9.17, 15) is 9.59 Å². The smallest absolute Gasteiger partial charge is 0.221 e. The molecule has 0 aromatic carbocycles. The van der Waals surface area contributed by atoms with Crippen molar-refractivity contribution >= 4 is 11.7 Å². The summed E-state index contributed by atoms with van der Waals surface area (Å²) in [4.78, 5) is 32.1. The monoisotopic (exact) mass is 582 g/mol. The lowest BCUT2D eigenvalue weighted by molar-refractivity contribution is -0.160. The van der Waals surface area contributed by atoms with Gasteiger partial charge in [-0.25, -0.2) is 0 Å². The highest BCUT2D eigenvalue weighted by molar-refractivity contribution is 5.87. The van der Waals surface area contributed by atoms with E-state index in [-0.39, 0.29) is 28.6 Å². The summed E-state index contributed by atoms with van der Waals surface area (Å²) in [7, 11) is 2.17. The fourth-order valence-electron chi connectivity index (χ4n) is 11.9. The second-order valence-electron chi connectivity index (χ2n) is 16.6. The van der Waals surface area contributed by atoms with Gasteiger partial charge in [0.2, 0.25) is 5.91 Å². The average molecular weight is 583 g/mol. The van der Waals surface area contributed by atoms with Gasteiger partial charge in [-0.2, -0.15) is 0 Å². The number of Topliss-reactive ketones (excluding diaryl/α,β-unsaturated/α-hetero) is 1. The number of nitrogens with zero attached hydrogens (tertiary/aromatic N) is 2. The van der Waals surface area contributed by atoms with Gasteiger partial charge in [-0.3, -0.25) is 14.9 Å². The number of piperazine rings is 1. The first-order chi connectivity index (χ1) is 20.0. The molecule has 0 aromatic heterocycles. The summed E-state index contributed by atoms with van der Waals surface area (Å²) < 4.78 is 7.00. The Morgan fingerprint density at radius 2 is 1.81 bits per heavy atom. The number of likely N-dealkylation sites (N-methyl/N-ethyl adjacent to an activating group) is 1. The minimum Gasteiger partial charge on any atom is -0.357 e. The summed E-state index contributed by atoms with van der Waals surface area (Å²) in [5, 5.41) is 7.26. The van der Waals surface area contributed by atoms with E-state index in [1.807, 2.05) is 0 Å². The van der Waals surface area contributed by atoms with Crippen molar-refractivity contribution in [2.45, 2.75) is 110 Å². The molecule has 0 unspecified atom stereocenters. The minimum atomic E-state index is -0.238. The molecule has 4 aliphatic carbocycles. The molecule has 3 aliphatic heterocycles. The number of ether oxygens (including phenoxy) is 1. The van der Waals surface area contributed by atoms with Gasteiger partial charge in [0.15, 0.2) is 0 Å². The maximum absolute atomic E-state index is 14.4. The number of carbonyl (C=O) groups is 2. The van der Waals surface area contributed by atoms with Crippen LogP contribution in [0.15, 0.2) is 0 Å². The molecule has 7 nitrogen and oxygen atoms in total. The SMILES string of the molecule is C[C@@H]1CC[C@@]2(NC1)O[C@H]1C[C@H]3[C@@H]4CC[C@H]5C[C@H](NC(=O)CCN6CCN(C)CC6)CC[C@]5(C)[C@H]4CC(=O)[C@]3(C)[C@H]1[C@@H]2C. The fourth-order valence-corrected chi connectivity index (χ4v) is 11.9. The molecule has 1 amide bonds. The molecule has 7 aliphatic rings. The van der Waals surface area contributed by atoms with E-state index < -0.39 is 0 Å². The Bertz CT molecular complexity index is 1050. The molecule has 2 N–H and O–H groups in total. The van der Waals surface area contributed by atoms with Gasteiger partial charge in [-0.05, 0) is 93.4 Å². The summed E-state index contributed by atoms with van der Waals surface area (Å²) in [6.45, 7) is 15.8. The second-order valence-corrected chi connectivity index (χ2v) is 16.6. The molecule has 7 fully saturated rings. The largest absolute Gasteiger partial charge is 0.357 e. The third kappa shape index (κ3) is 4.65. The molecule has 4 saturated carbocycles. The number of piperidine rings is 1. The zero-order chi connectivity index (χ0) is 29.4. The zero-order valence-electron chi connectivity index (χ0n) is 27.1. The number of carbonyl (C=O) groups excluding carboxylic acids is 2. The Morgan fingerprint density at radius 3 is 2.55 bits per heavy atom. The Kier molecular flexibility index (Phi) is 7.64. The van der Waals surface area contributed by atoms with Crippen LogP contribution in [0.25, 0.3) is 0 Å². The number of hydrogen-bond acceptors (Lipinski definition) is 6. The molecule has 3 heterocycles. The Morgan fingerprint density at radius 1 is 1.02 bits per heavy atom. The molecule has 12 atom stereocenters. The van der Waals surface area contributed by atoms with Crippen molar-refractivity contribution in [1.82, 2.24) is 20.4 Å². The zero-order valence-corrected chi connectivity index (χ0v) is 27.1. The second kappa shape index (κ2) is 10.8. The molecule has 0 aromatic rings. The fraction of sp³-hybridized carbons (Fsp3) is 0.943. The van der Waals surface area contributed by atoms with Gasteiger partial charge in [0, 0.05) is 75.4 Å². The number of hydrogen-bond donors (Lipinski definition) is 2. The summed E-state index contributed by atoms with van der Waals surface area (Å²) in [5.74, 6) is 4.41. The van der Waals surface area contributed by atoms with Crippen molar-refractivity contribution in [2.24, 2.45) is 52.3 Å². The van der Waals surface area contributed by atoms with Crippen LogP contribution in [0.1, 0.15) is 91.9 Å². The summed E-state index contributed by atoms with van der Waals surface area (Å²) in [5.41, 5.74) is -0.241. The Hall–Kier alpha value is -1.02. The molecule has 236 valence electrons. The first-order valence-corrected chi connectivity index (χ1v) is 17.7. The van der Waals surface area contributed by atoms with Crippen LogP contribution in [0, 0.1) is 52.3 Å². The molecule has 0 radical (unpaired) electrons. The highest BCUT2D eigenvalue weighted by Gasteiger charge is 2.71. The highest BCUT2D eigenvalue weighted by Crippen LogP contribution is 2.70. The predicted octanol–water partition coefficient (Wildman–Crippen LogP) is 4.31. The molecule has 42 heavy (non-hydrogen) atoms. The van der Waals surface area contributed by atoms with E-state index in [2.05, 4.69) is 55.2 Å². The summed E-state index contributed by atoms with van der Waals surface area (Å²) in [6.07, 6.45) is 10.8. The third-order valence-corrected chi connectivity index (χ3v) is 14.6. The van der Waals surface area contributed by atoms with Crippen LogP contribution in [0.2, 0.25) is 0 Å². The van der Waals surface area contributed by atoms with Crippen molar-refractivity contribution in [3.63, 3.8) is 0 Å². The number of nitrogens with one attached hydrogen (secondary N) is 2. The van der Waals surface area contributed by atoms with Gasteiger partial charge in [0.05, 0.1) is 6.10 Å². The molecule has 0 bridgehead atoms. The van der Waals surface area contributed by atoms with Gasteiger partial charge in [-0.15, -0.1) is 0 Å². The Balaban J connectivity index is 0.991. The molecule has 7 rings (SSSR count). The van der Waals surface area contributed by atoms with Crippen LogP contribution < -0.4 is 10.6 Å². The maximum Gasteiger partial charge on any atom is 0.221 e. The highest BCUT2D eigenvalue weighted by atomic mass is 16.5. The lowest BCUT2D eigenvalue weighted by atomic mass is 9.44. The van der Waals surface area contributed by atoms with Crippen LogP contribution in [0.5, 0.6) is 0 Å². The lowest BCUT2D eigenvalue weighted by Gasteiger charge is -2.60. The van der Waals surface area contributed by atoms with E-state index in [4.69, 9.17) is 4.74 Å². The minimum absolute atomic E-state index is 0.216. The first kappa shape index (κ1) is 29.7. The lowest BCUT2D eigenvalue weighted by Crippen LogP contribution is -2.60. The van der Waals surface area contributed by atoms with E-state index in [0.717, 1.165) is 77.8 Å². The van der Waals surface area contributed by atoms with E-state index in [1.54, 1.807) is 0 Å². The van der Waals surface area contributed by atoms with Crippen LogP contribution in [0.4, 0.5) is 0 Å². The van der Waals surface area contributed by atoms with Gasteiger partial charge in [-0.1, -0.05) is 27.7 Å². The number of amides is 1. The van der Waals surface area contributed by atoms with E-state index in [1.165, 1.54) is 19.3 Å². The maximum atomic E-state index is 14.4. The van der Waals surface area contributed by atoms with Crippen molar-refractivity contribution in [2.75, 3.05) is 46.3 Å². The number of rotatable bonds is 4. The van der Waals surface area contributed by atoms with Crippen molar-refractivity contribution in [3.05, 3.63) is 0 Å².